The van der Waals surface area contributed by atoms with Crippen LogP contribution in [0.15, 0.2) is 24.3 Å². The smallest absolute Gasteiger partial charge is 0.221 e. The SMILES string of the molecule is CC(=O)Nc1ccc(CC2CCCCC2)cc1. The third-order valence-electron chi connectivity index (χ3n) is 3.52. The first kappa shape index (κ1) is 12.2. The Morgan fingerprint density at radius 3 is 2.41 bits per heavy atom. The van der Waals surface area contributed by atoms with Crippen LogP contribution >= 0.6 is 0 Å². The van der Waals surface area contributed by atoms with Crippen molar-refractivity contribution in [3.63, 3.8) is 0 Å². The standard InChI is InChI=1S/C15H21NO/c1-12(17)16-15-9-7-14(8-10-15)11-13-5-3-2-4-6-13/h7-10,13H,2-6,11H2,1H3,(H,16,17). The van der Waals surface area contributed by atoms with Gasteiger partial charge in [0.1, 0.15) is 0 Å². The van der Waals surface area contributed by atoms with Crippen molar-refractivity contribution in [3.8, 4) is 0 Å². The van der Waals surface area contributed by atoms with Crippen LogP contribution < -0.4 is 5.32 Å². The van der Waals surface area contributed by atoms with E-state index in [9.17, 15) is 4.79 Å². The quantitative estimate of drug-likeness (QED) is 0.843. The first-order valence-electron chi connectivity index (χ1n) is 6.60. The van der Waals surface area contributed by atoms with Gasteiger partial charge in [-0.3, -0.25) is 4.79 Å². The number of benzene rings is 1. The van der Waals surface area contributed by atoms with E-state index in [1.165, 1.54) is 51.0 Å². The van der Waals surface area contributed by atoms with E-state index in [1.807, 2.05) is 12.1 Å². The highest BCUT2D eigenvalue weighted by atomic mass is 16.1. The second kappa shape index (κ2) is 5.85. The lowest BCUT2D eigenvalue weighted by Gasteiger charge is -2.21. The summed E-state index contributed by atoms with van der Waals surface area (Å²) in [6.07, 6.45) is 8.17. The topological polar surface area (TPSA) is 29.1 Å². The number of rotatable bonds is 3. The molecule has 0 heterocycles. The largest absolute Gasteiger partial charge is 0.326 e. The minimum Gasteiger partial charge on any atom is -0.326 e. The third-order valence-corrected chi connectivity index (χ3v) is 3.52. The molecule has 1 N–H and O–H groups in total. The van der Waals surface area contributed by atoms with Gasteiger partial charge in [-0.2, -0.15) is 0 Å². The molecule has 0 saturated heterocycles. The Morgan fingerprint density at radius 1 is 1.18 bits per heavy atom. The second-order valence-electron chi connectivity index (χ2n) is 5.09. The predicted octanol–water partition coefficient (Wildman–Crippen LogP) is 3.77. The summed E-state index contributed by atoms with van der Waals surface area (Å²) in [6.45, 7) is 1.54. The van der Waals surface area contributed by atoms with Crippen LogP contribution in [-0.2, 0) is 11.2 Å². The number of carbonyl (C=O) groups is 1. The number of carbonyl (C=O) groups excluding carboxylic acids is 1. The molecule has 2 nitrogen and oxygen atoms in total. The molecule has 2 rings (SSSR count). The average Bonchev–Trinajstić information content (AvgIpc) is 2.32. The van der Waals surface area contributed by atoms with E-state index >= 15 is 0 Å². The molecule has 2 heteroatoms. The van der Waals surface area contributed by atoms with Crippen LogP contribution in [-0.4, -0.2) is 5.91 Å². The van der Waals surface area contributed by atoms with Gasteiger partial charge in [0.2, 0.25) is 5.91 Å². The maximum Gasteiger partial charge on any atom is 0.221 e. The Kier molecular flexibility index (Phi) is 4.18. The molecule has 1 amide bonds. The fourth-order valence-electron chi connectivity index (χ4n) is 2.65. The molecule has 1 aromatic rings. The van der Waals surface area contributed by atoms with Crippen molar-refractivity contribution in [2.75, 3.05) is 5.32 Å². The molecule has 17 heavy (non-hydrogen) atoms. The van der Waals surface area contributed by atoms with Gasteiger partial charge in [-0.1, -0.05) is 44.2 Å². The Bertz CT molecular complexity index is 363. The number of hydrogen-bond donors (Lipinski definition) is 1. The lowest BCUT2D eigenvalue weighted by atomic mass is 9.85. The molecular formula is C15H21NO. The summed E-state index contributed by atoms with van der Waals surface area (Å²) >= 11 is 0. The maximum absolute atomic E-state index is 10.9. The maximum atomic E-state index is 10.9. The van der Waals surface area contributed by atoms with E-state index < -0.39 is 0 Å². The summed E-state index contributed by atoms with van der Waals surface area (Å²) in [5.41, 5.74) is 2.29. The van der Waals surface area contributed by atoms with Gasteiger partial charge in [-0.05, 0) is 30.0 Å². The molecular weight excluding hydrogens is 210 g/mol. The van der Waals surface area contributed by atoms with Crippen molar-refractivity contribution < 1.29 is 4.79 Å². The van der Waals surface area contributed by atoms with E-state index in [4.69, 9.17) is 0 Å². The molecule has 0 spiro atoms. The molecule has 1 aromatic carbocycles. The second-order valence-corrected chi connectivity index (χ2v) is 5.09. The van der Waals surface area contributed by atoms with Crippen molar-refractivity contribution in [1.82, 2.24) is 0 Å². The zero-order valence-corrected chi connectivity index (χ0v) is 10.5. The van der Waals surface area contributed by atoms with Gasteiger partial charge < -0.3 is 5.32 Å². The van der Waals surface area contributed by atoms with Crippen LogP contribution in [0, 0.1) is 5.92 Å². The Hall–Kier alpha value is -1.31. The Labute approximate surface area is 103 Å². The van der Waals surface area contributed by atoms with Gasteiger partial charge >= 0.3 is 0 Å². The van der Waals surface area contributed by atoms with Crippen LogP contribution in [0.2, 0.25) is 0 Å². The predicted molar refractivity (Wildman–Crippen MR) is 71.0 cm³/mol. The molecule has 0 unspecified atom stereocenters. The van der Waals surface area contributed by atoms with Crippen molar-refractivity contribution in [2.24, 2.45) is 5.92 Å². The molecule has 0 aromatic heterocycles. The number of hydrogen-bond acceptors (Lipinski definition) is 1. The van der Waals surface area contributed by atoms with Gasteiger partial charge in [0.05, 0.1) is 0 Å². The first-order valence-corrected chi connectivity index (χ1v) is 6.60. The zero-order valence-electron chi connectivity index (χ0n) is 10.5. The van der Waals surface area contributed by atoms with Crippen molar-refractivity contribution in [3.05, 3.63) is 29.8 Å². The molecule has 1 fully saturated rings. The Morgan fingerprint density at radius 2 is 1.82 bits per heavy atom. The van der Waals surface area contributed by atoms with E-state index in [2.05, 4.69) is 17.4 Å². The van der Waals surface area contributed by atoms with Crippen LogP contribution in [0.4, 0.5) is 5.69 Å². The molecule has 0 aliphatic heterocycles. The minimum absolute atomic E-state index is 0.00923. The summed E-state index contributed by atoms with van der Waals surface area (Å²) in [5, 5.41) is 2.80. The van der Waals surface area contributed by atoms with Gasteiger partial charge in [0.25, 0.3) is 0 Å². The van der Waals surface area contributed by atoms with Crippen LogP contribution in [0.3, 0.4) is 0 Å². The third kappa shape index (κ3) is 3.88. The molecule has 92 valence electrons. The van der Waals surface area contributed by atoms with E-state index in [1.54, 1.807) is 0 Å². The van der Waals surface area contributed by atoms with Gasteiger partial charge in [0, 0.05) is 12.6 Å². The van der Waals surface area contributed by atoms with Crippen molar-refractivity contribution in [2.45, 2.75) is 45.4 Å². The monoisotopic (exact) mass is 231 g/mol. The number of nitrogens with one attached hydrogen (secondary N) is 1. The van der Waals surface area contributed by atoms with Crippen LogP contribution in [0.5, 0.6) is 0 Å². The normalized spacial score (nSPS) is 16.8. The summed E-state index contributed by atoms with van der Waals surface area (Å²) in [7, 11) is 0. The van der Waals surface area contributed by atoms with Crippen LogP contribution in [0.25, 0.3) is 0 Å². The Balaban J connectivity index is 1.90. The fraction of sp³-hybridized carbons (Fsp3) is 0.533. The first-order chi connectivity index (χ1) is 8.24. The highest BCUT2D eigenvalue weighted by Crippen LogP contribution is 2.27. The van der Waals surface area contributed by atoms with Gasteiger partial charge in [-0.25, -0.2) is 0 Å². The molecule has 1 saturated carbocycles. The molecule has 0 atom stereocenters. The highest BCUT2D eigenvalue weighted by Gasteiger charge is 2.13. The van der Waals surface area contributed by atoms with Gasteiger partial charge in [-0.15, -0.1) is 0 Å². The molecule has 1 aliphatic carbocycles. The number of anilines is 1. The average molecular weight is 231 g/mol. The van der Waals surface area contributed by atoms with Crippen LogP contribution in [0.1, 0.15) is 44.6 Å². The van der Waals surface area contributed by atoms with E-state index in [-0.39, 0.29) is 5.91 Å². The lowest BCUT2D eigenvalue weighted by molar-refractivity contribution is -0.114. The van der Waals surface area contributed by atoms with E-state index in [0.29, 0.717) is 0 Å². The van der Waals surface area contributed by atoms with Crippen molar-refractivity contribution >= 4 is 11.6 Å². The zero-order chi connectivity index (χ0) is 12.1. The van der Waals surface area contributed by atoms with E-state index in [0.717, 1.165) is 11.6 Å². The highest BCUT2D eigenvalue weighted by molar-refractivity contribution is 5.88. The van der Waals surface area contributed by atoms with Crippen molar-refractivity contribution in [1.29, 1.82) is 0 Å². The fourth-order valence-corrected chi connectivity index (χ4v) is 2.65. The minimum atomic E-state index is -0.00923. The summed E-state index contributed by atoms with van der Waals surface area (Å²) in [6, 6.07) is 8.28. The molecule has 1 aliphatic rings. The number of amides is 1. The summed E-state index contributed by atoms with van der Waals surface area (Å²) in [5.74, 6) is 0.861. The molecule has 0 radical (unpaired) electrons. The molecule has 0 bridgehead atoms. The summed E-state index contributed by atoms with van der Waals surface area (Å²) in [4.78, 5) is 10.9. The summed E-state index contributed by atoms with van der Waals surface area (Å²) < 4.78 is 0. The van der Waals surface area contributed by atoms with Gasteiger partial charge in [0.15, 0.2) is 0 Å². The lowest BCUT2D eigenvalue weighted by Crippen LogP contribution is -2.09.